The molecule has 0 radical (unpaired) electrons. The van der Waals surface area contributed by atoms with Gasteiger partial charge < -0.3 is 10.1 Å². The van der Waals surface area contributed by atoms with Crippen molar-refractivity contribution in [3.8, 4) is 6.07 Å². The van der Waals surface area contributed by atoms with Crippen LogP contribution in [0.25, 0.3) is 0 Å². The Balaban J connectivity index is 2.77. The number of hydrogen-bond acceptors (Lipinski definition) is 7. The highest BCUT2D eigenvalue weighted by Crippen LogP contribution is 2.18. The maximum atomic E-state index is 11.6. The van der Waals surface area contributed by atoms with Crippen molar-refractivity contribution in [2.45, 2.75) is 19.9 Å². The van der Waals surface area contributed by atoms with Gasteiger partial charge in [-0.15, -0.1) is 0 Å². The van der Waals surface area contributed by atoms with Crippen molar-refractivity contribution in [1.82, 2.24) is 5.32 Å². The minimum atomic E-state index is -1.50. The third kappa shape index (κ3) is 6.34. The Morgan fingerprint density at radius 3 is 2.74 bits per heavy atom. The highest BCUT2D eigenvalue weighted by atomic mass is 16.5. The Bertz CT molecular complexity index is 665. The van der Waals surface area contributed by atoms with Crippen molar-refractivity contribution in [1.29, 1.82) is 5.26 Å². The zero-order valence-electron chi connectivity index (χ0n) is 12.6. The molecule has 1 rings (SSSR count). The average molecular weight is 317 g/mol. The van der Waals surface area contributed by atoms with E-state index >= 15 is 0 Å². The van der Waals surface area contributed by atoms with E-state index in [2.05, 4.69) is 20.3 Å². The number of nitrogens with zero attached hydrogens (tertiary/aromatic N) is 3. The molecule has 0 heterocycles. The molecule has 0 saturated heterocycles. The summed E-state index contributed by atoms with van der Waals surface area (Å²) in [4.78, 5) is 33.7. The first-order valence-electron chi connectivity index (χ1n) is 6.62. The summed E-state index contributed by atoms with van der Waals surface area (Å²) in [6, 6.07) is 6.49. The molecule has 0 aromatic heterocycles. The van der Waals surface area contributed by atoms with Gasteiger partial charge in [-0.25, -0.2) is 4.79 Å². The molecule has 9 heteroatoms. The van der Waals surface area contributed by atoms with E-state index in [0.29, 0.717) is 11.4 Å². The minimum Gasteiger partial charge on any atom is -0.450 e. The second-order valence-corrected chi connectivity index (χ2v) is 4.19. The molecular weight excluding hydrogens is 302 g/mol. The van der Waals surface area contributed by atoms with E-state index in [9.17, 15) is 14.4 Å². The number of anilines is 1. The number of rotatable bonds is 5. The zero-order chi connectivity index (χ0) is 17.2. The van der Waals surface area contributed by atoms with E-state index in [4.69, 9.17) is 5.26 Å². The Kier molecular flexibility index (Phi) is 6.87. The van der Waals surface area contributed by atoms with Gasteiger partial charge in [0, 0.05) is 12.6 Å². The predicted octanol–water partition coefficient (Wildman–Crippen LogP) is 1.89. The van der Waals surface area contributed by atoms with Crippen molar-refractivity contribution in [2.75, 3.05) is 11.9 Å². The Labute approximate surface area is 132 Å². The highest BCUT2D eigenvalue weighted by molar-refractivity contribution is 5.96. The van der Waals surface area contributed by atoms with Crippen LogP contribution in [0.2, 0.25) is 0 Å². The number of azo groups is 1. The molecule has 0 bridgehead atoms. The van der Waals surface area contributed by atoms with Crippen LogP contribution >= 0.6 is 0 Å². The molecule has 0 saturated carbocycles. The summed E-state index contributed by atoms with van der Waals surface area (Å²) in [5, 5.41) is 20.7. The summed E-state index contributed by atoms with van der Waals surface area (Å²) in [7, 11) is 0. The Morgan fingerprint density at radius 2 is 2.13 bits per heavy atom. The topological polar surface area (TPSA) is 133 Å². The Morgan fingerprint density at radius 1 is 1.39 bits per heavy atom. The molecule has 120 valence electrons. The lowest BCUT2D eigenvalue weighted by atomic mass is 10.3. The van der Waals surface area contributed by atoms with Gasteiger partial charge in [-0.2, -0.15) is 15.5 Å². The van der Waals surface area contributed by atoms with Gasteiger partial charge in [-0.1, -0.05) is 6.07 Å². The molecule has 1 aromatic rings. The van der Waals surface area contributed by atoms with Gasteiger partial charge in [0.2, 0.25) is 11.9 Å². The van der Waals surface area contributed by atoms with Crippen LogP contribution in [-0.4, -0.2) is 30.6 Å². The molecule has 1 aromatic carbocycles. The number of carbonyl (C=O) groups excluding carboxylic acids is 3. The van der Waals surface area contributed by atoms with Gasteiger partial charge in [-0.3, -0.25) is 14.9 Å². The molecule has 0 fully saturated rings. The zero-order valence-corrected chi connectivity index (χ0v) is 12.6. The van der Waals surface area contributed by atoms with Crippen LogP contribution in [-0.2, 0) is 14.3 Å². The SMILES string of the molecule is CCOC(=O)NC(=O)C(C#N)N=Nc1cccc(NC(C)=O)c1. The first-order chi connectivity index (χ1) is 11.0. The van der Waals surface area contributed by atoms with Crippen molar-refractivity contribution < 1.29 is 19.1 Å². The number of ether oxygens (including phenoxy) is 1. The number of alkyl carbamates (subject to hydrolysis) is 1. The molecule has 0 aliphatic heterocycles. The minimum absolute atomic E-state index is 0.0911. The summed E-state index contributed by atoms with van der Waals surface area (Å²) in [5.74, 6) is -1.18. The third-order valence-electron chi connectivity index (χ3n) is 2.33. The van der Waals surface area contributed by atoms with E-state index < -0.39 is 18.0 Å². The lowest BCUT2D eigenvalue weighted by Gasteiger charge is -2.05. The van der Waals surface area contributed by atoms with E-state index in [-0.39, 0.29) is 12.5 Å². The molecule has 1 unspecified atom stereocenters. The van der Waals surface area contributed by atoms with Crippen LogP contribution in [0.1, 0.15) is 13.8 Å². The average Bonchev–Trinajstić information content (AvgIpc) is 2.47. The van der Waals surface area contributed by atoms with Gasteiger partial charge >= 0.3 is 6.09 Å². The highest BCUT2D eigenvalue weighted by Gasteiger charge is 2.20. The maximum Gasteiger partial charge on any atom is 0.413 e. The smallest absolute Gasteiger partial charge is 0.413 e. The number of amides is 3. The standard InChI is InChI=1S/C14H15N5O4/c1-3-23-14(22)17-13(21)12(8-15)19-18-11-6-4-5-10(7-11)16-9(2)20/h4-7,12H,3H2,1-2H3,(H,16,20)(H,17,21,22). The van der Waals surface area contributed by atoms with Crippen molar-refractivity contribution in [3.05, 3.63) is 24.3 Å². The number of nitrogens with one attached hydrogen (secondary N) is 2. The summed E-state index contributed by atoms with van der Waals surface area (Å²) < 4.78 is 4.53. The lowest BCUT2D eigenvalue weighted by molar-refractivity contribution is -0.120. The number of benzene rings is 1. The predicted molar refractivity (Wildman–Crippen MR) is 79.8 cm³/mol. The normalized spacial score (nSPS) is 11.3. The van der Waals surface area contributed by atoms with Crippen LogP contribution in [0.15, 0.2) is 34.5 Å². The summed E-state index contributed by atoms with van der Waals surface area (Å²) in [5.41, 5.74) is 0.832. The van der Waals surface area contributed by atoms with Crippen LogP contribution in [0.5, 0.6) is 0 Å². The monoisotopic (exact) mass is 317 g/mol. The number of imide groups is 1. The van der Waals surface area contributed by atoms with Crippen LogP contribution in [0, 0.1) is 11.3 Å². The lowest BCUT2D eigenvalue weighted by Crippen LogP contribution is -2.37. The van der Waals surface area contributed by atoms with E-state index in [0.717, 1.165) is 0 Å². The number of hydrogen-bond donors (Lipinski definition) is 2. The van der Waals surface area contributed by atoms with Crippen molar-refractivity contribution in [3.63, 3.8) is 0 Å². The summed E-state index contributed by atoms with van der Waals surface area (Å²) in [6.45, 7) is 3.03. The van der Waals surface area contributed by atoms with Crippen LogP contribution in [0.4, 0.5) is 16.2 Å². The molecule has 3 amide bonds. The Hall–Kier alpha value is -3.28. The molecule has 1 atom stereocenters. The van der Waals surface area contributed by atoms with Gasteiger partial charge in [0.15, 0.2) is 0 Å². The van der Waals surface area contributed by atoms with E-state index in [1.807, 2.05) is 5.32 Å². The maximum absolute atomic E-state index is 11.6. The van der Waals surface area contributed by atoms with Crippen LogP contribution in [0.3, 0.4) is 0 Å². The second kappa shape index (κ2) is 8.89. The van der Waals surface area contributed by atoms with Crippen molar-refractivity contribution >= 4 is 29.3 Å². The molecule has 0 aliphatic carbocycles. The molecule has 2 N–H and O–H groups in total. The van der Waals surface area contributed by atoms with Crippen molar-refractivity contribution in [2.24, 2.45) is 10.2 Å². The fourth-order valence-electron chi connectivity index (χ4n) is 1.45. The van der Waals surface area contributed by atoms with E-state index in [1.54, 1.807) is 31.2 Å². The van der Waals surface area contributed by atoms with Gasteiger partial charge in [0.05, 0.1) is 12.3 Å². The molecular formula is C14H15N5O4. The van der Waals surface area contributed by atoms with E-state index in [1.165, 1.54) is 13.0 Å². The summed E-state index contributed by atoms with van der Waals surface area (Å²) >= 11 is 0. The van der Waals surface area contributed by atoms with Crippen LogP contribution < -0.4 is 10.6 Å². The summed E-state index contributed by atoms with van der Waals surface area (Å²) in [6.07, 6.45) is -0.958. The molecule has 0 spiro atoms. The van der Waals surface area contributed by atoms with Gasteiger partial charge in [0.25, 0.3) is 5.91 Å². The molecule has 23 heavy (non-hydrogen) atoms. The molecule has 9 nitrogen and oxygen atoms in total. The fraction of sp³-hybridized carbons (Fsp3) is 0.286. The first kappa shape index (κ1) is 17.8. The first-order valence-corrected chi connectivity index (χ1v) is 6.62. The number of nitriles is 1. The van der Waals surface area contributed by atoms with Gasteiger partial charge in [-0.05, 0) is 25.1 Å². The third-order valence-corrected chi connectivity index (χ3v) is 2.33. The largest absolute Gasteiger partial charge is 0.450 e. The fourth-order valence-corrected chi connectivity index (χ4v) is 1.45. The van der Waals surface area contributed by atoms with Gasteiger partial charge in [0.1, 0.15) is 6.07 Å². The second-order valence-electron chi connectivity index (χ2n) is 4.19. The quantitative estimate of drug-likeness (QED) is 0.800. The molecule has 0 aliphatic rings. The number of carbonyl (C=O) groups is 3.